The monoisotopic (exact) mass is 428 g/mol. The van der Waals surface area contributed by atoms with Crippen molar-refractivity contribution in [2.75, 3.05) is 46.8 Å². The molecule has 1 saturated heterocycles. The molecule has 1 aliphatic heterocycles. The summed E-state index contributed by atoms with van der Waals surface area (Å²) in [5.74, 6) is 0.770. The first-order chi connectivity index (χ1) is 15.0. The van der Waals surface area contributed by atoms with Gasteiger partial charge in [-0.2, -0.15) is 0 Å². The molecule has 0 unspecified atom stereocenters. The highest BCUT2D eigenvalue weighted by molar-refractivity contribution is 5.79. The van der Waals surface area contributed by atoms with E-state index < -0.39 is 0 Å². The molecule has 1 aliphatic carbocycles. The number of carbonyl (C=O) groups is 2. The van der Waals surface area contributed by atoms with E-state index in [1.807, 2.05) is 37.2 Å². The van der Waals surface area contributed by atoms with Gasteiger partial charge in [0.2, 0.25) is 0 Å². The molecule has 2 aliphatic rings. The van der Waals surface area contributed by atoms with Crippen molar-refractivity contribution in [2.24, 2.45) is 5.92 Å². The number of carbonyl (C=O) groups excluding carboxylic acids is 2. The zero-order valence-corrected chi connectivity index (χ0v) is 19.6. The summed E-state index contributed by atoms with van der Waals surface area (Å²) >= 11 is 0. The predicted octanol–water partition coefficient (Wildman–Crippen LogP) is 3.02. The number of benzene rings is 1. The highest BCUT2D eigenvalue weighted by atomic mass is 16.2. The molecule has 3 rings (SSSR count). The molecule has 1 aromatic rings. The molecule has 1 heterocycles. The number of rotatable bonds is 9. The standard InChI is InChI=1S/C25H40N4O2/c1-4-13-29-19-22(17-21-18-23(30)10-11-24(21)29)26-25(31)28(16-15-27(2)3)14-12-20-8-6-5-7-9-20/h5-9,21-22,24H,4,10-19H2,1-3H3,(H,26,31)/t21-,22+,24-/m1/s1. The summed E-state index contributed by atoms with van der Waals surface area (Å²) in [6.07, 6.45) is 5.25. The van der Waals surface area contributed by atoms with Crippen molar-refractivity contribution in [3.8, 4) is 0 Å². The third kappa shape index (κ3) is 7.04. The van der Waals surface area contributed by atoms with Crippen LogP contribution < -0.4 is 5.32 Å². The van der Waals surface area contributed by atoms with Gasteiger partial charge in [-0.3, -0.25) is 9.69 Å². The van der Waals surface area contributed by atoms with Gasteiger partial charge in [0.15, 0.2) is 0 Å². The Morgan fingerprint density at radius 1 is 1.16 bits per heavy atom. The largest absolute Gasteiger partial charge is 0.334 e. The quantitative estimate of drug-likeness (QED) is 0.657. The molecule has 1 N–H and O–H groups in total. The van der Waals surface area contributed by atoms with Gasteiger partial charge in [-0.25, -0.2) is 4.79 Å². The van der Waals surface area contributed by atoms with Gasteiger partial charge in [-0.1, -0.05) is 37.3 Å². The highest BCUT2D eigenvalue weighted by Crippen LogP contribution is 2.34. The molecule has 2 amide bonds. The van der Waals surface area contributed by atoms with E-state index in [0.717, 1.165) is 51.7 Å². The van der Waals surface area contributed by atoms with E-state index >= 15 is 0 Å². The minimum absolute atomic E-state index is 0.0276. The van der Waals surface area contributed by atoms with Gasteiger partial charge < -0.3 is 15.1 Å². The van der Waals surface area contributed by atoms with Crippen LogP contribution >= 0.6 is 0 Å². The number of nitrogens with zero attached hydrogens (tertiary/aromatic N) is 3. The lowest BCUT2D eigenvalue weighted by Gasteiger charge is -2.47. The van der Waals surface area contributed by atoms with Gasteiger partial charge in [-0.05, 0) is 57.8 Å². The van der Waals surface area contributed by atoms with Crippen LogP contribution in [0.4, 0.5) is 4.79 Å². The number of urea groups is 1. The van der Waals surface area contributed by atoms with Crippen LogP contribution in [0.1, 0.15) is 44.6 Å². The minimum atomic E-state index is 0.0276. The number of hydrogen-bond donors (Lipinski definition) is 1. The van der Waals surface area contributed by atoms with E-state index in [-0.39, 0.29) is 12.1 Å². The van der Waals surface area contributed by atoms with Crippen molar-refractivity contribution < 1.29 is 9.59 Å². The predicted molar refractivity (Wildman–Crippen MR) is 125 cm³/mol. The number of Topliss-reactive ketones (excluding diaryl/α,β-unsaturated/α-hetero) is 1. The molecule has 0 aromatic heterocycles. The lowest BCUT2D eigenvalue weighted by Crippen LogP contribution is -2.59. The second kappa shape index (κ2) is 11.6. The van der Waals surface area contributed by atoms with Crippen molar-refractivity contribution in [1.29, 1.82) is 0 Å². The van der Waals surface area contributed by atoms with Gasteiger partial charge in [0.1, 0.15) is 5.78 Å². The van der Waals surface area contributed by atoms with Crippen molar-refractivity contribution in [3.63, 3.8) is 0 Å². The van der Waals surface area contributed by atoms with Crippen LogP contribution in [0.3, 0.4) is 0 Å². The number of likely N-dealkylation sites (tertiary alicyclic amines) is 1. The highest BCUT2D eigenvalue weighted by Gasteiger charge is 2.39. The van der Waals surface area contributed by atoms with Crippen molar-refractivity contribution in [1.82, 2.24) is 20.0 Å². The molecule has 0 spiro atoms. The topological polar surface area (TPSA) is 55.9 Å². The van der Waals surface area contributed by atoms with Crippen LogP contribution in [0.5, 0.6) is 0 Å². The minimum Gasteiger partial charge on any atom is -0.334 e. The van der Waals surface area contributed by atoms with Gasteiger partial charge in [0, 0.05) is 51.1 Å². The summed E-state index contributed by atoms with van der Waals surface area (Å²) < 4.78 is 0. The number of fused-ring (bicyclic) bond motifs is 1. The number of nitrogens with one attached hydrogen (secondary N) is 1. The second-order valence-corrected chi connectivity index (χ2v) is 9.51. The van der Waals surface area contributed by atoms with Crippen LogP contribution in [0.25, 0.3) is 0 Å². The first-order valence-electron chi connectivity index (χ1n) is 12.0. The number of likely N-dealkylation sites (N-methyl/N-ethyl adjacent to an activating group) is 1. The maximum absolute atomic E-state index is 13.2. The first kappa shape index (κ1) is 23.7. The van der Waals surface area contributed by atoms with Gasteiger partial charge >= 0.3 is 6.03 Å². The number of hydrogen-bond acceptors (Lipinski definition) is 4. The third-order valence-electron chi connectivity index (χ3n) is 6.72. The summed E-state index contributed by atoms with van der Waals surface area (Å²) in [6.45, 7) is 6.40. The lowest BCUT2D eigenvalue weighted by atomic mass is 9.76. The first-order valence-corrected chi connectivity index (χ1v) is 12.0. The van der Waals surface area contributed by atoms with E-state index in [1.54, 1.807) is 0 Å². The summed E-state index contributed by atoms with van der Waals surface area (Å²) in [6, 6.07) is 11.0. The summed E-state index contributed by atoms with van der Waals surface area (Å²) in [5.41, 5.74) is 1.25. The zero-order chi connectivity index (χ0) is 22.2. The Balaban J connectivity index is 1.62. The number of amides is 2. The molecular weight excluding hydrogens is 388 g/mol. The fourth-order valence-electron chi connectivity index (χ4n) is 5.11. The maximum atomic E-state index is 13.2. The fourth-order valence-corrected chi connectivity index (χ4v) is 5.11. The maximum Gasteiger partial charge on any atom is 0.317 e. The Hall–Kier alpha value is -1.92. The molecule has 0 radical (unpaired) electrons. The van der Waals surface area contributed by atoms with E-state index in [4.69, 9.17) is 0 Å². The Bertz CT molecular complexity index is 709. The van der Waals surface area contributed by atoms with Crippen molar-refractivity contribution >= 4 is 11.8 Å². The SMILES string of the molecule is CCCN1C[C@@H](NC(=O)N(CCc2ccccc2)CCN(C)C)C[C@@H]2CC(=O)CC[C@H]21. The van der Waals surface area contributed by atoms with E-state index in [0.29, 0.717) is 37.3 Å². The molecule has 1 saturated carbocycles. The molecular formula is C25H40N4O2. The second-order valence-electron chi connectivity index (χ2n) is 9.51. The van der Waals surface area contributed by atoms with Gasteiger partial charge in [0.05, 0.1) is 0 Å². The molecule has 172 valence electrons. The Morgan fingerprint density at radius 3 is 2.65 bits per heavy atom. The summed E-state index contributed by atoms with van der Waals surface area (Å²) in [7, 11) is 4.08. The average molecular weight is 429 g/mol. The van der Waals surface area contributed by atoms with Crippen LogP contribution in [-0.4, -0.2) is 85.4 Å². The number of ketones is 1. The average Bonchev–Trinajstić information content (AvgIpc) is 2.74. The van der Waals surface area contributed by atoms with Gasteiger partial charge in [-0.15, -0.1) is 0 Å². The van der Waals surface area contributed by atoms with Crippen molar-refractivity contribution in [3.05, 3.63) is 35.9 Å². The fraction of sp³-hybridized carbons (Fsp3) is 0.680. The molecule has 0 bridgehead atoms. The Morgan fingerprint density at radius 2 is 1.94 bits per heavy atom. The molecule has 1 aromatic carbocycles. The van der Waals surface area contributed by atoms with Crippen LogP contribution in [-0.2, 0) is 11.2 Å². The van der Waals surface area contributed by atoms with E-state index in [2.05, 4.69) is 34.2 Å². The normalized spacial score (nSPS) is 24.1. The van der Waals surface area contributed by atoms with Crippen LogP contribution in [0.2, 0.25) is 0 Å². The molecule has 6 nitrogen and oxygen atoms in total. The molecule has 3 atom stereocenters. The van der Waals surface area contributed by atoms with Crippen molar-refractivity contribution in [2.45, 2.75) is 57.5 Å². The van der Waals surface area contributed by atoms with Crippen LogP contribution in [0, 0.1) is 5.92 Å². The smallest absolute Gasteiger partial charge is 0.317 e. The lowest BCUT2D eigenvalue weighted by molar-refractivity contribution is -0.124. The van der Waals surface area contributed by atoms with E-state index in [1.165, 1.54) is 5.56 Å². The summed E-state index contributed by atoms with van der Waals surface area (Å²) in [5, 5.41) is 3.33. The Labute approximate surface area is 188 Å². The molecule has 2 fully saturated rings. The summed E-state index contributed by atoms with van der Waals surface area (Å²) in [4.78, 5) is 31.9. The van der Waals surface area contributed by atoms with E-state index in [9.17, 15) is 9.59 Å². The Kier molecular flexibility index (Phi) is 8.90. The molecule has 31 heavy (non-hydrogen) atoms. The molecule has 6 heteroatoms. The number of piperidine rings is 1. The van der Waals surface area contributed by atoms with Crippen LogP contribution in [0.15, 0.2) is 30.3 Å². The zero-order valence-electron chi connectivity index (χ0n) is 19.6. The third-order valence-corrected chi connectivity index (χ3v) is 6.72. The van der Waals surface area contributed by atoms with Gasteiger partial charge in [0.25, 0.3) is 0 Å².